The Morgan fingerprint density at radius 1 is 0.879 bits per heavy atom. The van der Waals surface area contributed by atoms with Crippen molar-refractivity contribution in [3.05, 3.63) is 90.2 Å². The molecule has 0 heterocycles. The number of aryl methyl sites for hydroxylation is 1. The summed E-state index contributed by atoms with van der Waals surface area (Å²) < 4.78 is 40.7. The molecule has 0 aliphatic rings. The number of nitrogens with one attached hydrogen (secondary N) is 1. The van der Waals surface area contributed by atoms with Crippen LogP contribution in [0, 0.1) is 12.7 Å². The molecule has 0 aliphatic carbocycles. The maximum atomic E-state index is 13.3. The quantitative estimate of drug-likeness (QED) is 0.548. The van der Waals surface area contributed by atoms with Gasteiger partial charge in [0.25, 0.3) is 10.0 Å². The summed E-state index contributed by atoms with van der Waals surface area (Å²) >= 11 is 0. The Morgan fingerprint density at radius 2 is 1.48 bits per heavy atom. The predicted molar refractivity (Wildman–Crippen MR) is 125 cm³/mol. The number of hydrogen-bond acceptors (Lipinski definition) is 4. The van der Waals surface area contributed by atoms with Crippen molar-refractivity contribution < 1.29 is 22.4 Å². The summed E-state index contributed by atoms with van der Waals surface area (Å²) in [4.78, 5) is 26.2. The lowest BCUT2D eigenvalue weighted by Crippen LogP contribution is -2.44. The summed E-state index contributed by atoms with van der Waals surface area (Å²) in [5.41, 5.74) is 1.91. The predicted octanol–water partition coefficient (Wildman–Crippen LogP) is 3.43. The molecule has 172 valence electrons. The van der Waals surface area contributed by atoms with Crippen molar-refractivity contribution in [3.8, 4) is 0 Å². The lowest BCUT2D eigenvalue weighted by molar-refractivity contribution is -0.131. The zero-order chi connectivity index (χ0) is 24.0. The summed E-state index contributed by atoms with van der Waals surface area (Å²) in [5.74, 6) is -1.57. The fraction of sp³-hybridized carbons (Fsp3) is 0.167. The Bertz CT molecular complexity index is 1210. The van der Waals surface area contributed by atoms with Crippen molar-refractivity contribution in [1.82, 2.24) is 4.90 Å². The van der Waals surface area contributed by atoms with Crippen LogP contribution < -0.4 is 9.62 Å². The molecule has 1 N–H and O–H groups in total. The van der Waals surface area contributed by atoms with Crippen LogP contribution in [0.15, 0.2) is 83.8 Å². The van der Waals surface area contributed by atoms with Gasteiger partial charge in [0, 0.05) is 12.7 Å². The Hall–Kier alpha value is -3.72. The fourth-order valence-corrected chi connectivity index (χ4v) is 4.44. The average molecular weight is 470 g/mol. The van der Waals surface area contributed by atoms with E-state index in [1.54, 1.807) is 42.5 Å². The number of benzene rings is 3. The van der Waals surface area contributed by atoms with Crippen LogP contribution in [0.25, 0.3) is 0 Å². The minimum absolute atomic E-state index is 0.152. The third-order valence-electron chi connectivity index (χ3n) is 4.87. The van der Waals surface area contributed by atoms with Gasteiger partial charge in [-0.15, -0.1) is 0 Å². The van der Waals surface area contributed by atoms with Gasteiger partial charge in [0.1, 0.15) is 12.4 Å². The van der Waals surface area contributed by atoms with Crippen LogP contribution >= 0.6 is 0 Å². The second-order valence-electron chi connectivity index (χ2n) is 7.47. The van der Waals surface area contributed by atoms with Crippen LogP contribution in [0.5, 0.6) is 0 Å². The van der Waals surface area contributed by atoms with Gasteiger partial charge in [0.15, 0.2) is 0 Å². The van der Waals surface area contributed by atoms with Crippen LogP contribution in [-0.2, 0) is 19.6 Å². The first-order valence-corrected chi connectivity index (χ1v) is 11.5. The van der Waals surface area contributed by atoms with Crippen LogP contribution in [-0.4, -0.2) is 45.3 Å². The molecular weight excluding hydrogens is 445 g/mol. The van der Waals surface area contributed by atoms with Crippen LogP contribution in [0.2, 0.25) is 0 Å². The first kappa shape index (κ1) is 23.9. The highest BCUT2D eigenvalue weighted by atomic mass is 32.2. The molecule has 0 saturated heterocycles. The molecule has 0 aromatic heterocycles. The van der Waals surface area contributed by atoms with Gasteiger partial charge in [-0.05, 0) is 55.5 Å². The van der Waals surface area contributed by atoms with Crippen molar-refractivity contribution in [3.63, 3.8) is 0 Å². The Labute approximate surface area is 192 Å². The number of rotatable bonds is 8. The summed E-state index contributed by atoms with van der Waals surface area (Å²) in [6.45, 7) is 1.14. The molecule has 0 unspecified atom stereocenters. The molecule has 3 aromatic carbocycles. The number of anilines is 2. The van der Waals surface area contributed by atoms with E-state index in [0.717, 1.165) is 39.0 Å². The molecule has 0 atom stereocenters. The number of halogens is 1. The van der Waals surface area contributed by atoms with E-state index < -0.39 is 34.2 Å². The highest BCUT2D eigenvalue weighted by Crippen LogP contribution is 2.23. The molecule has 0 spiro atoms. The number of likely N-dealkylation sites (N-methyl/N-ethyl adjacent to an activating group) is 1. The maximum absolute atomic E-state index is 13.3. The first-order valence-electron chi connectivity index (χ1n) is 10.1. The molecule has 0 bridgehead atoms. The van der Waals surface area contributed by atoms with Crippen LogP contribution in [0.3, 0.4) is 0 Å². The number of carbonyl (C=O) groups excluding carboxylic acids is 2. The van der Waals surface area contributed by atoms with Crippen LogP contribution in [0.4, 0.5) is 15.8 Å². The van der Waals surface area contributed by atoms with E-state index in [0.29, 0.717) is 5.69 Å². The minimum Gasteiger partial charge on any atom is -0.335 e. The van der Waals surface area contributed by atoms with Gasteiger partial charge in [0.05, 0.1) is 17.1 Å². The average Bonchev–Trinajstić information content (AvgIpc) is 2.79. The first-order chi connectivity index (χ1) is 15.7. The van der Waals surface area contributed by atoms with Gasteiger partial charge < -0.3 is 10.2 Å². The van der Waals surface area contributed by atoms with E-state index in [9.17, 15) is 22.4 Å². The Kier molecular flexibility index (Phi) is 7.44. The number of nitrogens with zero attached hydrogens (tertiary/aromatic N) is 2. The second-order valence-corrected chi connectivity index (χ2v) is 9.33. The van der Waals surface area contributed by atoms with Crippen molar-refractivity contribution in [1.29, 1.82) is 0 Å². The number of carbonyl (C=O) groups is 2. The lowest BCUT2D eigenvalue weighted by Gasteiger charge is -2.26. The highest BCUT2D eigenvalue weighted by Gasteiger charge is 2.28. The maximum Gasteiger partial charge on any atom is 0.264 e. The van der Waals surface area contributed by atoms with E-state index in [1.165, 1.54) is 7.05 Å². The molecule has 0 fully saturated rings. The molecule has 0 radical (unpaired) electrons. The largest absolute Gasteiger partial charge is 0.335 e. The summed E-state index contributed by atoms with van der Waals surface area (Å²) in [5, 5.41) is 2.70. The molecule has 3 rings (SSSR count). The zero-order valence-electron chi connectivity index (χ0n) is 18.2. The van der Waals surface area contributed by atoms with Gasteiger partial charge >= 0.3 is 0 Å². The molecule has 7 nitrogen and oxygen atoms in total. The summed E-state index contributed by atoms with van der Waals surface area (Å²) in [6, 6.07) is 19.7. The van der Waals surface area contributed by atoms with E-state index in [1.807, 2.05) is 19.1 Å². The van der Waals surface area contributed by atoms with Gasteiger partial charge in [-0.1, -0.05) is 35.9 Å². The van der Waals surface area contributed by atoms with E-state index in [2.05, 4.69) is 5.32 Å². The van der Waals surface area contributed by atoms with E-state index in [4.69, 9.17) is 0 Å². The molecule has 3 aromatic rings. The summed E-state index contributed by atoms with van der Waals surface area (Å²) in [6.07, 6.45) is 0. The summed E-state index contributed by atoms with van der Waals surface area (Å²) in [7, 11) is -2.74. The molecule has 0 aliphatic heterocycles. The molecule has 2 amide bonds. The zero-order valence-corrected chi connectivity index (χ0v) is 19.0. The standard InChI is InChI=1S/C24H24FN3O4S/c1-18-8-12-20(13-9-18)26-23(29)16-27(2)24(30)17-28(21-6-4-3-5-7-21)33(31,32)22-14-10-19(25)11-15-22/h3-15H,16-17H2,1-2H3,(H,26,29). The van der Waals surface area contributed by atoms with Gasteiger partial charge in [-0.2, -0.15) is 0 Å². The molecule has 33 heavy (non-hydrogen) atoms. The van der Waals surface area contributed by atoms with Gasteiger partial charge in [-0.25, -0.2) is 12.8 Å². The molecule has 0 saturated carbocycles. The highest BCUT2D eigenvalue weighted by molar-refractivity contribution is 7.92. The van der Waals surface area contributed by atoms with Crippen molar-refractivity contribution in [2.24, 2.45) is 0 Å². The molecule has 9 heteroatoms. The number of para-hydroxylation sites is 1. The van der Waals surface area contributed by atoms with Crippen molar-refractivity contribution in [2.75, 3.05) is 29.8 Å². The second kappa shape index (κ2) is 10.3. The normalized spacial score (nSPS) is 11.0. The van der Waals surface area contributed by atoms with Gasteiger partial charge in [-0.3, -0.25) is 13.9 Å². The lowest BCUT2D eigenvalue weighted by atomic mass is 10.2. The Morgan fingerprint density at radius 3 is 2.09 bits per heavy atom. The van der Waals surface area contributed by atoms with Crippen LogP contribution in [0.1, 0.15) is 5.56 Å². The van der Waals surface area contributed by atoms with E-state index >= 15 is 0 Å². The third-order valence-corrected chi connectivity index (χ3v) is 6.65. The van der Waals surface area contributed by atoms with Gasteiger partial charge in [0.2, 0.25) is 11.8 Å². The minimum atomic E-state index is -4.16. The fourth-order valence-electron chi connectivity index (χ4n) is 3.03. The van der Waals surface area contributed by atoms with Crippen molar-refractivity contribution in [2.45, 2.75) is 11.8 Å². The third kappa shape index (κ3) is 6.17. The SMILES string of the molecule is Cc1ccc(NC(=O)CN(C)C(=O)CN(c2ccccc2)S(=O)(=O)c2ccc(F)cc2)cc1. The number of amides is 2. The topological polar surface area (TPSA) is 86.8 Å². The number of sulfonamides is 1. The van der Waals surface area contributed by atoms with E-state index in [-0.39, 0.29) is 17.1 Å². The monoisotopic (exact) mass is 469 g/mol. The Balaban J connectivity index is 1.76. The smallest absolute Gasteiger partial charge is 0.264 e. The molecular formula is C24H24FN3O4S. The number of hydrogen-bond donors (Lipinski definition) is 1. The van der Waals surface area contributed by atoms with Crippen molar-refractivity contribution >= 4 is 33.2 Å².